The van der Waals surface area contributed by atoms with Gasteiger partial charge in [0, 0.05) is 24.7 Å². The third-order valence-corrected chi connectivity index (χ3v) is 9.72. The number of allylic oxidation sites excluding steroid dienone is 1. The highest BCUT2D eigenvalue weighted by Crippen LogP contribution is 2.51. The number of pyridine rings is 1. The van der Waals surface area contributed by atoms with Crippen molar-refractivity contribution >= 4 is 47.6 Å². The summed E-state index contributed by atoms with van der Waals surface area (Å²) in [5.41, 5.74) is 6.93. The fraction of sp³-hybridized carbons (Fsp3) is 0.256. The second kappa shape index (κ2) is 14.2. The average Bonchev–Trinajstić information content (AvgIpc) is 3.37. The second-order valence-corrected chi connectivity index (χ2v) is 12.8. The van der Waals surface area contributed by atoms with E-state index in [1.54, 1.807) is 37.6 Å². The Balaban J connectivity index is 1.15. The van der Waals surface area contributed by atoms with E-state index in [1.807, 2.05) is 78.9 Å². The smallest absolute Gasteiger partial charge is 0.455 e. The molecule has 0 bridgehead atoms. The monoisotopic (exact) mass is 655 g/mol. The lowest BCUT2D eigenvalue weighted by molar-refractivity contribution is -0.122. The zero-order valence-corrected chi connectivity index (χ0v) is 27.2. The molecule has 0 spiro atoms. The summed E-state index contributed by atoms with van der Waals surface area (Å²) in [5, 5.41) is 24.2. The Labute approximate surface area is 286 Å². The molecule has 3 N–H and O–H groups in total. The molecule has 1 aromatic heterocycles. The number of rotatable bonds is 10. The van der Waals surface area contributed by atoms with Crippen LogP contribution in [0.1, 0.15) is 30.5 Å². The zero-order chi connectivity index (χ0) is 33.9. The fourth-order valence-corrected chi connectivity index (χ4v) is 7.59. The molecule has 9 nitrogen and oxygen atoms in total. The SMILES string of the molecule is COCC1=C2[C@@H](CC/C(=C/c3ccc(O)cc3)c3ccccn3)OB(O)C[C@@H]2[C@@H]2C(=O)N(c3ccc(Nc4ccccc4)cc3)C(=O)[C@@H]2C1. The normalized spacial score (nSPS) is 22.3. The number of phenolic OH excluding ortho intramolecular Hbond substituents is 1. The number of amides is 2. The lowest BCUT2D eigenvalue weighted by Crippen LogP contribution is -2.46. The number of imide groups is 1. The number of benzene rings is 3. The van der Waals surface area contributed by atoms with Crippen LogP contribution in [0.4, 0.5) is 17.1 Å². The number of fused-ring (bicyclic) bond motifs is 3. The molecule has 3 heterocycles. The van der Waals surface area contributed by atoms with Crippen molar-refractivity contribution in [1.29, 1.82) is 0 Å². The summed E-state index contributed by atoms with van der Waals surface area (Å²) < 4.78 is 11.9. The lowest BCUT2D eigenvalue weighted by Gasteiger charge is -2.43. The van der Waals surface area contributed by atoms with E-state index in [0.717, 1.165) is 39.4 Å². The lowest BCUT2D eigenvalue weighted by atomic mass is 9.58. The number of aromatic hydroxyl groups is 1. The van der Waals surface area contributed by atoms with E-state index in [9.17, 15) is 19.7 Å². The highest BCUT2D eigenvalue weighted by molar-refractivity contribution is 6.43. The molecule has 2 fully saturated rings. The molecular weight excluding hydrogens is 617 g/mol. The van der Waals surface area contributed by atoms with Crippen molar-refractivity contribution in [2.45, 2.75) is 31.7 Å². The number of aromatic nitrogens is 1. The minimum Gasteiger partial charge on any atom is -0.508 e. The van der Waals surface area contributed by atoms with Crippen molar-refractivity contribution in [3.8, 4) is 5.75 Å². The summed E-state index contributed by atoms with van der Waals surface area (Å²) in [5.74, 6) is -1.79. The molecular formula is C39H38BN3O6. The molecule has 2 aliphatic heterocycles. The van der Waals surface area contributed by atoms with Crippen molar-refractivity contribution in [3.63, 3.8) is 0 Å². The van der Waals surface area contributed by atoms with Gasteiger partial charge in [-0.3, -0.25) is 19.5 Å². The first-order valence-electron chi connectivity index (χ1n) is 16.6. The summed E-state index contributed by atoms with van der Waals surface area (Å²) in [6, 6.07) is 29.8. The van der Waals surface area contributed by atoms with E-state index < -0.39 is 25.1 Å². The fourth-order valence-electron chi connectivity index (χ4n) is 7.59. The molecule has 2 saturated heterocycles. The largest absolute Gasteiger partial charge is 0.508 e. The Morgan fingerprint density at radius 3 is 2.41 bits per heavy atom. The number of para-hydroxylation sites is 1. The number of carbonyl (C=O) groups excluding carboxylic acids is 2. The van der Waals surface area contributed by atoms with Gasteiger partial charge in [0.25, 0.3) is 0 Å². The van der Waals surface area contributed by atoms with Gasteiger partial charge < -0.3 is 24.8 Å². The number of phenols is 1. The number of nitrogens with zero attached hydrogens (tertiary/aromatic N) is 2. The number of anilines is 3. The van der Waals surface area contributed by atoms with Crippen LogP contribution in [0.3, 0.4) is 0 Å². The Bertz CT molecular complexity index is 1860. The van der Waals surface area contributed by atoms with Gasteiger partial charge in [0.05, 0.1) is 35.9 Å². The van der Waals surface area contributed by atoms with Crippen LogP contribution >= 0.6 is 0 Å². The van der Waals surface area contributed by atoms with Gasteiger partial charge in [-0.25, -0.2) is 0 Å². The molecule has 7 rings (SSSR count). The van der Waals surface area contributed by atoms with Crippen molar-refractivity contribution in [3.05, 3.63) is 126 Å². The molecule has 2 amide bonds. The van der Waals surface area contributed by atoms with Crippen molar-refractivity contribution in [2.75, 3.05) is 23.9 Å². The van der Waals surface area contributed by atoms with Crippen LogP contribution in [0.15, 0.2) is 114 Å². The second-order valence-electron chi connectivity index (χ2n) is 12.8. The molecule has 10 heteroatoms. The number of hydrogen-bond donors (Lipinski definition) is 3. The molecule has 0 radical (unpaired) electrons. The Kier molecular flexibility index (Phi) is 9.44. The molecule has 4 aromatic rings. The highest BCUT2D eigenvalue weighted by atomic mass is 16.5. The van der Waals surface area contributed by atoms with Crippen LogP contribution in [0.25, 0.3) is 11.6 Å². The molecule has 3 aliphatic rings. The standard InChI is InChI=1S/C39H38BN3O6/c1-48-24-27-22-32-37(39(46)43(38(32)45)30-15-13-29(14-16-30)42-28-7-3-2-4-8-28)33-23-40(47)49-35(36(27)33)19-12-26(34-9-5-6-20-41-34)21-25-10-17-31(44)18-11-25/h2-11,13-18,20-21,32-33,35,37,42,44,47H,12,19,22-24H2,1H3/b26-21-/t32-,33+,35-,37-/m1/s1. The maximum absolute atomic E-state index is 14.2. The van der Waals surface area contributed by atoms with Gasteiger partial charge in [0.1, 0.15) is 5.75 Å². The predicted octanol–water partition coefficient (Wildman–Crippen LogP) is 6.50. The molecule has 4 atom stereocenters. The van der Waals surface area contributed by atoms with E-state index in [4.69, 9.17) is 9.39 Å². The molecule has 248 valence electrons. The van der Waals surface area contributed by atoms with Gasteiger partial charge in [-0.2, -0.15) is 0 Å². The Morgan fingerprint density at radius 2 is 1.69 bits per heavy atom. The highest BCUT2D eigenvalue weighted by Gasteiger charge is 2.57. The van der Waals surface area contributed by atoms with Gasteiger partial charge in [-0.05, 0) is 121 Å². The zero-order valence-electron chi connectivity index (χ0n) is 27.2. The van der Waals surface area contributed by atoms with Crippen LogP contribution in [0, 0.1) is 17.8 Å². The molecule has 1 aliphatic carbocycles. The first-order chi connectivity index (χ1) is 23.9. The third kappa shape index (κ3) is 6.80. The van der Waals surface area contributed by atoms with Gasteiger partial charge in [0.15, 0.2) is 0 Å². The topological polar surface area (TPSA) is 121 Å². The van der Waals surface area contributed by atoms with Gasteiger partial charge >= 0.3 is 7.12 Å². The first-order valence-corrected chi connectivity index (χ1v) is 16.6. The van der Waals surface area contributed by atoms with E-state index in [0.29, 0.717) is 31.6 Å². The van der Waals surface area contributed by atoms with Gasteiger partial charge in [-0.1, -0.05) is 36.4 Å². The summed E-state index contributed by atoms with van der Waals surface area (Å²) in [6.07, 6.45) is 5.02. The third-order valence-electron chi connectivity index (χ3n) is 9.72. The number of hydrogen-bond acceptors (Lipinski definition) is 8. The van der Waals surface area contributed by atoms with Crippen LogP contribution in [-0.4, -0.2) is 53.9 Å². The molecule has 3 aromatic carbocycles. The number of nitrogens with one attached hydrogen (secondary N) is 1. The average molecular weight is 656 g/mol. The van der Waals surface area contributed by atoms with Crippen LogP contribution < -0.4 is 10.2 Å². The van der Waals surface area contributed by atoms with Crippen LogP contribution in [0.5, 0.6) is 5.75 Å². The Hall–Kier alpha value is -5.03. The molecule has 0 saturated carbocycles. The predicted molar refractivity (Wildman–Crippen MR) is 190 cm³/mol. The molecule has 49 heavy (non-hydrogen) atoms. The first kappa shape index (κ1) is 32.5. The number of ether oxygens (including phenoxy) is 1. The summed E-state index contributed by atoms with van der Waals surface area (Å²) in [7, 11) is 0.543. The molecule has 0 unspecified atom stereocenters. The summed E-state index contributed by atoms with van der Waals surface area (Å²) in [4.78, 5) is 34.1. The Morgan fingerprint density at radius 1 is 0.959 bits per heavy atom. The van der Waals surface area contributed by atoms with E-state index in [-0.39, 0.29) is 29.8 Å². The number of carbonyl (C=O) groups is 2. The minimum atomic E-state index is -1.08. The van der Waals surface area contributed by atoms with Crippen molar-refractivity contribution in [1.82, 2.24) is 4.98 Å². The van der Waals surface area contributed by atoms with E-state index in [1.165, 1.54) is 4.90 Å². The minimum absolute atomic E-state index is 0.191. The quantitative estimate of drug-likeness (QED) is 0.101. The van der Waals surface area contributed by atoms with Crippen LogP contribution in [0.2, 0.25) is 6.32 Å². The van der Waals surface area contributed by atoms with E-state index in [2.05, 4.69) is 10.3 Å². The van der Waals surface area contributed by atoms with Gasteiger partial charge in [0.2, 0.25) is 11.8 Å². The maximum Gasteiger partial charge on any atom is 0.455 e. The summed E-state index contributed by atoms with van der Waals surface area (Å²) in [6.45, 7) is 0.308. The summed E-state index contributed by atoms with van der Waals surface area (Å²) >= 11 is 0. The van der Waals surface area contributed by atoms with Crippen molar-refractivity contribution in [2.24, 2.45) is 17.8 Å². The maximum atomic E-state index is 14.2. The van der Waals surface area contributed by atoms with Crippen molar-refractivity contribution < 1.29 is 29.1 Å². The van der Waals surface area contributed by atoms with Crippen LogP contribution in [-0.2, 0) is 19.0 Å². The van der Waals surface area contributed by atoms with E-state index >= 15 is 0 Å². The van der Waals surface area contributed by atoms with Gasteiger partial charge in [-0.15, -0.1) is 0 Å². The number of methoxy groups -OCH3 is 1.